The number of hydrogen-bond donors (Lipinski definition) is 1. The minimum Gasteiger partial charge on any atom is -0.472 e. The third kappa shape index (κ3) is 3.93. The first-order valence-corrected chi connectivity index (χ1v) is 9.76. The zero-order chi connectivity index (χ0) is 18.0. The third-order valence-electron chi connectivity index (χ3n) is 4.51. The molecule has 2 aromatic rings. The Bertz CT molecular complexity index is 851. The Hall–Kier alpha value is -2.12. The number of furan rings is 1. The van der Waals surface area contributed by atoms with Crippen LogP contribution in [0.3, 0.4) is 0 Å². The number of carbonyl (C=O) groups excluding carboxylic acids is 1. The van der Waals surface area contributed by atoms with Crippen molar-refractivity contribution in [1.82, 2.24) is 9.62 Å². The highest BCUT2D eigenvalue weighted by molar-refractivity contribution is 7.89. The van der Waals surface area contributed by atoms with Gasteiger partial charge in [-0.2, -0.15) is 0 Å². The quantitative estimate of drug-likeness (QED) is 0.906. The van der Waals surface area contributed by atoms with Gasteiger partial charge in [-0.15, -0.1) is 0 Å². The molecule has 1 aliphatic heterocycles. The van der Waals surface area contributed by atoms with Crippen molar-refractivity contribution >= 4 is 15.9 Å². The second-order valence-corrected chi connectivity index (χ2v) is 8.15. The predicted octanol–water partition coefficient (Wildman–Crippen LogP) is 2.48. The second-order valence-electron chi connectivity index (χ2n) is 6.47. The van der Waals surface area contributed by atoms with Gasteiger partial charge in [0.1, 0.15) is 6.26 Å². The van der Waals surface area contributed by atoms with E-state index in [1.807, 2.05) is 19.1 Å². The van der Waals surface area contributed by atoms with Gasteiger partial charge in [0.25, 0.3) is 5.91 Å². The van der Waals surface area contributed by atoms with E-state index in [9.17, 15) is 13.2 Å². The summed E-state index contributed by atoms with van der Waals surface area (Å²) >= 11 is 0. The SMILES string of the molecule is Cc1ccc(C)c(S(=O)(=O)NC2CCN(C(=O)c3ccoc3)CC2)c1. The Labute approximate surface area is 147 Å². The number of rotatable bonds is 4. The molecule has 0 aliphatic carbocycles. The summed E-state index contributed by atoms with van der Waals surface area (Å²) in [4.78, 5) is 14.3. The minimum absolute atomic E-state index is 0.0791. The molecule has 7 heteroatoms. The summed E-state index contributed by atoms with van der Waals surface area (Å²) in [6.07, 6.45) is 4.08. The molecule has 25 heavy (non-hydrogen) atoms. The molecule has 1 aliphatic rings. The lowest BCUT2D eigenvalue weighted by molar-refractivity contribution is 0.0710. The number of aryl methyl sites for hydroxylation is 2. The zero-order valence-electron chi connectivity index (χ0n) is 14.4. The van der Waals surface area contributed by atoms with Crippen LogP contribution in [-0.4, -0.2) is 38.4 Å². The van der Waals surface area contributed by atoms with E-state index in [1.54, 1.807) is 24.0 Å². The van der Waals surface area contributed by atoms with Gasteiger partial charge < -0.3 is 9.32 Å². The minimum atomic E-state index is -3.56. The Balaban J connectivity index is 1.64. The third-order valence-corrected chi connectivity index (χ3v) is 6.17. The molecular weight excluding hydrogens is 340 g/mol. The maximum Gasteiger partial charge on any atom is 0.257 e. The molecule has 0 bridgehead atoms. The van der Waals surface area contributed by atoms with Gasteiger partial charge in [-0.1, -0.05) is 12.1 Å². The van der Waals surface area contributed by atoms with Crippen LogP contribution >= 0.6 is 0 Å². The predicted molar refractivity (Wildman–Crippen MR) is 93.9 cm³/mol. The molecule has 0 spiro atoms. The smallest absolute Gasteiger partial charge is 0.257 e. The molecule has 2 heterocycles. The topological polar surface area (TPSA) is 79.6 Å². The number of nitrogens with one attached hydrogen (secondary N) is 1. The Morgan fingerprint density at radius 2 is 1.92 bits per heavy atom. The molecular formula is C18H22N2O4S. The van der Waals surface area contributed by atoms with Crippen LogP contribution < -0.4 is 4.72 Å². The van der Waals surface area contributed by atoms with Gasteiger partial charge >= 0.3 is 0 Å². The van der Waals surface area contributed by atoms with E-state index < -0.39 is 10.0 Å². The van der Waals surface area contributed by atoms with Crippen molar-refractivity contribution in [2.45, 2.75) is 37.6 Å². The molecule has 0 atom stereocenters. The maximum absolute atomic E-state index is 12.7. The number of sulfonamides is 1. The first-order chi connectivity index (χ1) is 11.9. The van der Waals surface area contributed by atoms with Gasteiger partial charge in [0.05, 0.1) is 16.7 Å². The first kappa shape index (κ1) is 17.7. The Morgan fingerprint density at radius 1 is 1.20 bits per heavy atom. The molecule has 1 aromatic carbocycles. The van der Waals surface area contributed by atoms with Crippen molar-refractivity contribution in [2.75, 3.05) is 13.1 Å². The average Bonchev–Trinajstić information content (AvgIpc) is 3.11. The Morgan fingerprint density at radius 3 is 2.56 bits per heavy atom. The molecule has 1 saturated heterocycles. The number of hydrogen-bond acceptors (Lipinski definition) is 4. The second kappa shape index (κ2) is 7.01. The van der Waals surface area contributed by atoms with Crippen LogP contribution in [0.5, 0.6) is 0 Å². The van der Waals surface area contributed by atoms with E-state index in [0.29, 0.717) is 36.4 Å². The lowest BCUT2D eigenvalue weighted by Crippen LogP contribution is -2.46. The molecule has 0 saturated carbocycles. The standard InChI is InChI=1S/C18H22N2O4S/c1-13-3-4-14(2)17(11-13)25(22,23)19-16-5-8-20(9-6-16)18(21)15-7-10-24-12-15/h3-4,7,10-12,16,19H,5-6,8-9H2,1-2H3. The van der Waals surface area contributed by atoms with Gasteiger partial charge in [-0.25, -0.2) is 13.1 Å². The van der Waals surface area contributed by atoms with E-state index in [4.69, 9.17) is 4.42 Å². The number of carbonyl (C=O) groups is 1. The molecule has 3 rings (SSSR count). The summed E-state index contributed by atoms with van der Waals surface area (Å²) < 4.78 is 33.1. The maximum atomic E-state index is 12.7. The molecule has 134 valence electrons. The molecule has 1 aromatic heterocycles. The highest BCUT2D eigenvalue weighted by Gasteiger charge is 2.28. The fourth-order valence-electron chi connectivity index (χ4n) is 3.05. The first-order valence-electron chi connectivity index (χ1n) is 8.28. The number of likely N-dealkylation sites (tertiary alicyclic amines) is 1. The van der Waals surface area contributed by atoms with Gasteiger partial charge in [-0.05, 0) is 49.9 Å². The summed E-state index contributed by atoms with van der Waals surface area (Å²) in [6.45, 7) is 4.70. The van der Waals surface area contributed by atoms with Gasteiger partial charge in [0.2, 0.25) is 10.0 Å². The normalized spacial score (nSPS) is 16.2. The molecule has 6 nitrogen and oxygen atoms in total. The van der Waals surface area contributed by atoms with E-state index in [2.05, 4.69) is 4.72 Å². The van der Waals surface area contributed by atoms with E-state index in [1.165, 1.54) is 12.5 Å². The summed E-state index contributed by atoms with van der Waals surface area (Å²) in [7, 11) is -3.56. The van der Waals surface area contributed by atoms with E-state index in [-0.39, 0.29) is 11.9 Å². The van der Waals surface area contributed by atoms with E-state index >= 15 is 0 Å². The lowest BCUT2D eigenvalue weighted by atomic mass is 10.1. The van der Waals surface area contributed by atoms with Crippen molar-refractivity contribution in [2.24, 2.45) is 0 Å². The zero-order valence-corrected chi connectivity index (χ0v) is 15.2. The van der Waals surface area contributed by atoms with Gasteiger partial charge in [-0.3, -0.25) is 4.79 Å². The molecule has 0 unspecified atom stereocenters. The monoisotopic (exact) mass is 362 g/mol. The van der Waals surface area contributed by atoms with E-state index in [0.717, 1.165) is 11.1 Å². The van der Waals surface area contributed by atoms with Crippen molar-refractivity contribution in [3.63, 3.8) is 0 Å². The fourth-order valence-corrected chi connectivity index (χ4v) is 4.68. The van der Waals surface area contributed by atoms with Crippen LogP contribution in [0.1, 0.15) is 34.3 Å². The number of amides is 1. The van der Waals surface area contributed by atoms with Crippen LogP contribution in [0.4, 0.5) is 0 Å². The number of nitrogens with zero attached hydrogens (tertiary/aromatic N) is 1. The fraction of sp³-hybridized carbons (Fsp3) is 0.389. The molecule has 0 radical (unpaired) electrons. The van der Waals surface area contributed by atoms with Crippen molar-refractivity contribution in [1.29, 1.82) is 0 Å². The number of benzene rings is 1. The van der Waals surface area contributed by atoms with Crippen LogP contribution in [0.2, 0.25) is 0 Å². The van der Waals surface area contributed by atoms with Gasteiger partial charge in [0.15, 0.2) is 0 Å². The summed E-state index contributed by atoms with van der Waals surface area (Å²) in [5.74, 6) is -0.0791. The highest BCUT2D eigenvalue weighted by Crippen LogP contribution is 2.20. The number of piperidine rings is 1. The highest BCUT2D eigenvalue weighted by atomic mass is 32.2. The summed E-state index contributed by atoms with van der Waals surface area (Å²) in [5.41, 5.74) is 2.16. The molecule has 1 amide bonds. The average molecular weight is 362 g/mol. The molecule has 1 fully saturated rings. The summed E-state index contributed by atoms with van der Waals surface area (Å²) in [5, 5.41) is 0. The van der Waals surface area contributed by atoms with Crippen LogP contribution in [0.15, 0.2) is 46.1 Å². The van der Waals surface area contributed by atoms with Crippen LogP contribution in [0, 0.1) is 13.8 Å². The van der Waals surface area contributed by atoms with Crippen molar-refractivity contribution in [3.05, 3.63) is 53.5 Å². The van der Waals surface area contributed by atoms with Gasteiger partial charge in [0, 0.05) is 19.1 Å². The van der Waals surface area contributed by atoms with Crippen molar-refractivity contribution in [3.8, 4) is 0 Å². The lowest BCUT2D eigenvalue weighted by Gasteiger charge is -2.32. The molecule has 1 N–H and O–H groups in total. The van der Waals surface area contributed by atoms with Crippen LogP contribution in [-0.2, 0) is 10.0 Å². The summed E-state index contributed by atoms with van der Waals surface area (Å²) in [6, 6.07) is 6.87. The Kier molecular flexibility index (Phi) is 4.96. The largest absolute Gasteiger partial charge is 0.472 e. The van der Waals surface area contributed by atoms with Crippen molar-refractivity contribution < 1.29 is 17.6 Å². The van der Waals surface area contributed by atoms with Crippen LogP contribution in [0.25, 0.3) is 0 Å².